The Labute approximate surface area is 165 Å². The van der Waals surface area contributed by atoms with Crippen LogP contribution in [0.4, 0.5) is 0 Å². The minimum atomic E-state index is -0.581. The summed E-state index contributed by atoms with van der Waals surface area (Å²) in [5.41, 5.74) is 0.248. The second-order valence-electron chi connectivity index (χ2n) is 9.07. The van der Waals surface area contributed by atoms with Crippen LogP contribution in [-0.4, -0.2) is 39.7 Å². The van der Waals surface area contributed by atoms with Crippen molar-refractivity contribution in [1.82, 2.24) is 9.78 Å². The minimum absolute atomic E-state index is 0.0642. The lowest BCUT2D eigenvalue weighted by Gasteiger charge is -2.32. The number of nitrogens with zero attached hydrogens (tertiary/aromatic N) is 3. The molecule has 1 aliphatic heterocycles. The molecule has 1 aliphatic rings. The lowest BCUT2D eigenvalue weighted by molar-refractivity contribution is -0.155. The number of rotatable bonds is 3. The minimum Gasteiger partial charge on any atom is -0.459 e. The molecular formula is C20H26BN3O4. The van der Waals surface area contributed by atoms with Crippen molar-refractivity contribution >= 4 is 29.5 Å². The number of ether oxygens (including phenoxy) is 1. The number of carbonyl (C=O) groups excluding carboxylic acids is 1. The lowest BCUT2D eigenvalue weighted by atomic mass is 9.78. The quantitative estimate of drug-likeness (QED) is 0.598. The smallest absolute Gasteiger partial charge is 0.459 e. The highest BCUT2D eigenvalue weighted by atomic mass is 16.7. The van der Waals surface area contributed by atoms with Gasteiger partial charge in [0.05, 0.1) is 16.7 Å². The summed E-state index contributed by atoms with van der Waals surface area (Å²) < 4.78 is 19.0. The van der Waals surface area contributed by atoms with E-state index in [-0.39, 0.29) is 12.2 Å². The van der Waals surface area contributed by atoms with Crippen molar-refractivity contribution in [2.75, 3.05) is 0 Å². The Morgan fingerprint density at radius 3 is 2.39 bits per heavy atom. The van der Waals surface area contributed by atoms with E-state index < -0.39 is 29.9 Å². The van der Waals surface area contributed by atoms with E-state index in [0.29, 0.717) is 10.9 Å². The first-order valence-corrected chi connectivity index (χ1v) is 9.31. The third kappa shape index (κ3) is 3.78. The van der Waals surface area contributed by atoms with Gasteiger partial charge in [-0.3, -0.25) is 9.48 Å². The molecule has 0 aliphatic carbocycles. The Balaban J connectivity index is 1.93. The fourth-order valence-electron chi connectivity index (χ4n) is 3.02. The van der Waals surface area contributed by atoms with E-state index in [0.717, 1.165) is 5.46 Å². The molecule has 7 nitrogen and oxygen atoms in total. The third-order valence-electron chi connectivity index (χ3n) is 5.10. The lowest BCUT2D eigenvalue weighted by Crippen LogP contribution is -2.41. The van der Waals surface area contributed by atoms with Crippen molar-refractivity contribution in [3.8, 4) is 6.07 Å². The normalized spacial score (nSPS) is 18.3. The average Bonchev–Trinajstić information content (AvgIpc) is 2.99. The molecule has 1 fully saturated rings. The van der Waals surface area contributed by atoms with Crippen molar-refractivity contribution in [2.24, 2.45) is 0 Å². The molecule has 0 bridgehead atoms. The summed E-state index contributed by atoms with van der Waals surface area (Å²) >= 11 is 0. The van der Waals surface area contributed by atoms with Crippen LogP contribution in [0, 0.1) is 11.3 Å². The second-order valence-corrected chi connectivity index (χ2v) is 9.07. The van der Waals surface area contributed by atoms with Gasteiger partial charge in [-0.25, -0.2) is 0 Å². The van der Waals surface area contributed by atoms with Gasteiger partial charge < -0.3 is 14.0 Å². The molecule has 0 amide bonds. The van der Waals surface area contributed by atoms with Crippen molar-refractivity contribution in [1.29, 1.82) is 5.26 Å². The van der Waals surface area contributed by atoms with Crippen LogP contribution in [0.3, 0.4) is 0 Å². The topological polar surface area (TPSA) is 86.4 Å². The van der Waals surface area contributed by atoms with Crippen LogP contribution in [0.1, 0.15) is 54.2 Å². The molecule has 3 rings (SSSR count). The molecule has 0 atom stereocenters. The van der Waals surface area contributed by atoms with Gasteiger partial charge in [-0.2, -0.15) is 10.4 Å². The van der Waals surface area contributed by atoms with E-state index in [1.54, 1.807) is 0 Å². The van der Waals surface area contributed by atoms with Crippen LogP contribution >= 0.6 is 0 Å². The molecule has 0 unspecified atom stereocenters. The van der Waals surface area contributed by atoms with E-state index in [2.05, 4.69) is 11.2 Å². The number of carbonyl (C=O) groups is 1. The summed E-state index contributed by atoms with van der Waals surface area (Å²) in [6, 6.07) is 7.64. The van der Waals surface area contributed by atoms with Crippen molar-refractivity contribution in [3.63, 3.8) is 0 Å². The van der Waals surface area contributed by atoms with Gasteiger partial charge in [0.15, 0.2) is 5.69 Å². The van der Waals surface area contributed by atoms with Crippen molar-refractivity contribution < 1.29 is 18.8 Å². The molecule has 28 heavy (non-hydrogen) atoms. The molecule has 8 heteroatoms. The Bertz CT molecular complexity index is 950. The molecule has 0 N–H and O–H groups in total. The summed E-state index contributed by atoms with van der Waals surface area (Å²) in [4.78, 5) is 12.2. The first kappa shape index (κ1) is 20.4. The first-order chi connectivity index (χ1) is 12.8. The zero-order valence-electron chi connectivity index (χ0n) is 17.5. The third-order valence-corrected chi connectivity index (χ3v) is 5.10. The molecule has 1 saturated heterocycles. The van der Waals surface area contributed by atoms with Gasteiger partial charge in [0.1, 0.15) is 18.2 Å². The highest BCUT2D eigenvalue weighted by molar-refractivity contribution is 6.62. The fraction of sp³-hybridized carbons (Fsp3) is 0.550. The highest BCUT2D eigenvalue weighted by Crippen LogP contribution is 2.36. The van der Waals surface area contributed by atoms with Crippen LogP contribution in [0.15, 0.2) is 18.2 Å². The van der Waals surface area contributed by atoms with Gasteiger partial charge in [-0.1, -0.05) is 12.1 Å². The van der Waals surface area contributed by atoms with Crippen LogP contribution in [0.2, 0.25) is 0 Å². The molecule has 148 valence electrons. The summed E-state index contributed by atoms with van der Waals surface area (Å²) in [5, 5.41) is 14.4. The Kier molecular flexibility index (Phi) is 4.81. The maximum absolute atomic E-state index is 12.2. The number of esters is 1. The number of hydrogen-bond acceptors (Lipinski definition) is 6. The van der Waals surface area contributed by atoms with E-state index in [9.17, 15) is 10.1 Å². The Morgan fingerprint density at radius 2 is 1.86 bits per heavy atom. The van der Waals surface area contributed by atoms with Crippen molar-refractivity contribution in [3.05, 3.63) is 23.9 Å². The molecule has 0 spiro atoms. The van der Waals surface area contributed by atoms with Crippen LogP contribution in [0.25, 0.3) is 10.9 Å². The predicted octanol–water partition coefficient (Wildman–Crippen LogP) is 2.55. The Morgan fingerprint density at radius 1 is 1.25 bits per heavy atom. The summed E-state index contributed by atoms with van der Waals surface area (Å²) in [6.07, 6.45) is 0. The van der Waals surface area contributed by atoms with E-state index >= 15 is 0 Å². The number of fused-ring (bicyclic) bond motifs is 1. The predicted molar refractivity (Wildman–Crippen MR) is 106 cm³/mol. The summed E-state index contributed by atoms with van der Waals surface area (Å²) in [7, 11) is -0.532. The number of nitriles is 1. The molecule has 1 aromatic carbocycles. The largest absolute Gasteiger partial charge is 0.494 e. The molecule has 0 saturated carbocycles. The molecule has 0 radical (unpaired) electrons. The van der Waals surface area contributed by atoms with Crippen molar-refractivity contribution in [2.45, 2.75) is 71.8 Å². The standard InChI is InChI=1S/C20H26BN3O4/c1-18(2,3)26-17(25)12-24-16-9-8-13(10-14(16)15(11-22)23-24)21-27-19(4,5)20(6,7)28-21/h8-10H,12H2,1-7H3. The average molecular weight is 383 g/mol. The van der Waals surface area contributed by atoms with Gasteiger partial charge in [-0.15, -0.1) is 0 Å². The summed E-state index contributed by atoms with van der Waals surface area (Å²) in [6.45, 7) is 13.3. The number of benzene rings is 1. The molecule has 2 aromatic rings. The Hall–Kier alpha value is -2.37. The monoisotopic (exact) mass is 383 g/mol. The fourth-order valence-corrected chi connectivity index (χ4v) is 3.02. The zero-order valence-corrected chi connectivity index (χ0v) is 17.5. The van der Waals surface area contributed by atoms with Crippen LogP contribution < -0.4 is 5.46 Å². The van der Waals surface area contributed by atoms with Gasteiger partial charge in [-0.05, 0) is 60.0 Å². The first-order valence-electron chi connectivity index (χ1n) is 9.31. The molecule has 2 heterocycles. The SMILES string of the molecule is CC(C)(C)OC(=O)Cn1nc(C#N)c2cc(B3OC(C)(C)C(C)(C)O3)ccc21. The number of hydrogen-bond donors (Lipinski definition) is 0. The summed E-state index contributed by atoms with van der Waals surface area (Å²) in [5.74, 6) is -0.406. The highest BCUT2D eigenvalue weighted by Gasteiger charge is 2.51. The van der Waals surface area contributed by atoms with Crippen LogP contribution in [0.5, 0.6) is 0 Å². The van der Waals surface area contributed by atoms with Gasteiger partial charge in [0.25, 0.3) is 0 Å². The zero-order chi connectivity index (χ0) is 20.9. The maximum Gasteiger partial charge on any atom is 0.494 e. The van der Waals surface area contributed by atoms with E-state index in [1.807, 2.05) is 66.7 Å². The second kappa shape index (κ2) is 6.61. The van der Waals surface area contributed by atoms with Gasteiger partial charge in [0.2, 0.25) is 0 Å². The maximum atomic E-state index is 12.2. The number of aromatic nitrogens is 2. The van der Waals surface area contributed by atoms with Gasteiger partial charge in [0, 0.05) is 5.39 Å². The molecular weight excluding hydrogens is 357 g/mol. The van der Waals surface area contributed by atoms with Gasteiger partial charge >= 0.3 is 13.1 Å². The van der Waals surface area contributed by atoms with E-state index in [4.69, 9.17) is 14.0 Å². The van der Waals surface area contributed by atoms with E-state index in [1.165, 1.54) is 4.68 Å². The molecule has 1 aromatic heterocycles. The van der Waals surface area contributed by atoms with Crippen LogP contribution in [-0.2, 0) is 25.4 Å².